The highest BCUT2D eigenvalue weighted by Gasteiger charge is 2.20. The Balaban J connectivity index is 0.00000225. The molecule has 2 aliphatic heterocycles. The number of benzene rings is 1. The predicted octanol–water partition coefficient (Wildman–Crippen LogP) is 2.49. The van der Waals surface area contributed by atoms with Crippen LogP contribution in [0.15, 0.2) is 24.3 Å². The number of carbonyl (C=O) groups excluding carboxylic acids is 2. The lowest BCUT2D eigenvalue weighted by atomic mass is 10.0. The van der Waals surface area contributed by atoms with Crippen molar-refractivity contribution in [2.75, 3.05) is 19.6 Å². The van der Waals surface area contributed by atoms with Crippen LogP contribution in [0.4, 0.5) is 0 Å². The largest absolute Gasteiger partial charge is 0.351 e. The molecule has 1 atom stereocenters. The first-order valence-electron chi connectivity index (χ1n) is 9.13. The number of halogens is 1. The second-order valence-corrected chi connectivity index (χ2v) is 6.77. The van der Waals surface area contributed by atoms with Gasteiger partial charge in [0.05, 0.1) is 6.04 Å². The van der Waals surface area contributed by atoms with Crippen molar-refractivity contribution in [2.45, 2.75) is 51.1 Å². The van der Waals surface area contributed by atoms with E-state index in [0.29, 0.717) is 6.54 Å². The molecule has 6 heteroatoms. The number of piperidine rings is 2. The van der Waals surface area contributed by atoms with Crippen LogP contribution < -0.4 is 10.6 Å². The molecule has 1 aromatic rings. The van der Waals surface area contributed by atoms with Crippen LogP contribution >= 0.6 is 12.4 Å². The molecule has 0 aromatic heterocycles. The summed E-state index contributed by atoms with van der Waals surface area (Å²) in [5.74, 6) is 0.194. The molecule has 2 N–H and O–H groups in total. The van der Waals surface area contributed by atoms with Gasteiger partial charge in [0, 0.05) is 25.2 Å². The van der Waals surface area contributed by atoms with E-state index in [0.717, 1.165) is 62.9 Å². The van der Waals surface area contributed by atoms with E-state index in [9.17, 15) is 9.59 Å². The predicted molar refractivity (Wildman–Crippen MR) is 101 cm³/mol. The Morgan fingerprint density at radius 2 is 1.76 bits per heavy atom. The number of rotatable bonds is 4. The fourth-order valence-electron chi connectivity index (χ4n) is 3.43. The molecule has 2 heterocycles. The Morgan fingerprint density at radius 1 is 1.04 bits per heavy atom. The van der Waals surface area contributed by atoms with Gasteiger partial charge in [0.25, 0.3) is 5.91 Å². The highest BCUT2D eigenvalue weighted by atomic mass is 35.5. The summed E-state index contributed by atoms with van der Waals surface area (Å²) in [5.41, 5.74) is 1.76. The molecule has 1 unspecified atom stereocenters. The van der Waals surface area contributed by atoms with E-state index in [-0.39, 0.29) is 30.3 Å². The minimum absolute atomic E-state index is 0. The molecule has 25 heavy (non-hydrogen) atoms. The van der Waals surface area contributed by atoms with Crippen LogP contribution in [0.3, 0.4) is 0 Å². The average molecular weight is 366 g/mol. The average Bonchev–Trinajstić information content (AvgIpc) is 2.67. The smallest absolute Gasteiger partial charge is 0.253 e. The Labute approximate surface area is 155 Å². The number of hydrogen-bond acceptors (Lipinski definition) is 3. The standard InChI is InChI=1S/C19H27N3O2.ClH/c23-18(17-6-2-3-11-20-17)21-14-15-7-9-16(10-8-15)19(24)22-12-4-1-5-13-22;/h7-10,17,20H,1-6,11-14H2,(H,21,23);1H. The third-order valence-electron chi connectivity index (χ3n) is 4.94. The van der Waals surface area contributed by atoms with E-state index in [1.807, 2.05) is 29.2 Å². The quantitative estimate of drug-likeness (QED) is 0.861. The summed E-state index contributed by atoms with van der Waals surface area (Å²) in [6.07, 6.45) is 6.60. The van der Waals surface area contributed by atoms with Crippen LogP contribution in [0.2, 0.25) is 0 Å². The van der Waals surface area contributed by atoms with Crippen LogP contribution in [-0.4, -0.2) is 42.4 Å². The van der Waals surface area contributed by atoms with Crippen LogP contribution in [-0.2, 0) is 11.3 Å². The zero-order chi connectivity index (χ0) is 16.8. The fourth-order valence-corrected chi connectivity index (χ4v) is 3.43. The molecule has 138 valence electrons. The van der Waals surface area contributed by atoms with Gasteiger partial charge in [0.1, 0.15) is 0 Å². The molecule has 0 aliphatic carbocycles. The maximum Gasteiger partial charge on any atom is 0.253 e. The lowest BCUT2D eigenvalue weighted by molar-refractivity contribution is -0.123. The maximum absolute atomic E-state index is 12.4. The molecular formula is C19H28ClN3O2. The summed E-state index contributed by atoms with van der Waals surface area (Å²) in [7, 11) is 0. The van der Waals surface area contributed by atoms with Crippen molar-refractivity contribution in [2.24, 2.45) is 0 Å². The summed E-state index contributed by atoms with van der Waals surface area (Å²) in [4.78, 5) is 26.5. The summed E-state index contributed by atoms with van der Waals surface area (Å²) in [6.45, 7) is 3.16. The molecule has 0 spiro atoms. The van der Waals surface area contributed by atoms with Gasteiger partial charge in [-0.2, -0.15) is 0 Å². The molecule has 2 saturated heterocycles. The Hall–Kier alpha value is -1.59. The van der Waals surface area contributed by atoms with Crippen molar-refractivity contribution in [1.82, 2.24) is 15.5 Å². The molecule has 0 bridgehead atoms. The van der Waals surface area contributed by atoms with Crippen molar-refractivity contribution in [3.05, 3.63) is 35.4 Å². The van der Waals surface area contributed by atoms with Crippen molar-refractivity contribution >= 4 is 24.2 Å². The third-order valence-corrected chi connectivity index (χ3v) is 4.94. The maximum atomic E-state index is 12.4. The van der Waals surface area contributed by atoms with Crippen molar-refractivity contribution in [3.8, 4) is 0 Å². The van der Waals surface area contributed by atoms with E-state index in [1.165, 1.54) is 6.42 Å². The van der Waals surface area contributed by atoms with E-state index >= 15 is 0 Å². The molecule has 0 radical (unpaired) electrons. The minimum Gasteiger partial charge on any atom is -0.351 e. The van der Waals surface area contributed by atoms with Gasteiger partial charge in [-0.1, -0.05) is 18.6 Å². The van der Waals surface area contributed by atoms with Gasteiger partial charge in [-0.05, 0) is 56.3 Å². The van der Waals surface area contributed by atoms with Gasteiger partial charge in [0.2, 0.25) is 5.91 Å². The number of nitrogens with zero attached hydrogens (tertiary/aromatic N) is 1. The second-order valence-electron chi connectivity index (χ2n) is 6.77. The Bertz CT molecular complexity index is 565. The number of likely N-dealkylation sites (tertiary alicyclic amines) is 1. The van der Waals surface area contributed by atoms with Gasteiger partial charge in [0.15, 0.2) is 0 Å². The van der Waals surface area contributed by atoms with E-state index in [4.69, 9.17) is 0 Å². The van der Waals surface area contributed by atoms with Gasteiger partial charge in [-0.25, -0.2) is 0 Å². The first-order valence-corrected chi connectivity index (χ1v) is 9.13. The number of hydrogen-bond donors (Lipinski definition) is 2. The highest BCUT2D eigenvalue weighted by molar-refractivity contribution is 5.94. The molecule has 2 fully saturated rings. The number of nitrogens with one attached hydrogen (secondary N) is 2. The van der Waals surface area contributed by atoms with Gasteiger partial charge >= 0.3 is 0 Å². The number of carbonyl (C=O) groups is 2. The third kappa shape index (κ3) is 5.44. The van der Waals surface area contributed by atoms with Gasteiger partial charge in [-0.15, -0.1) is 12.4 Å². The van der Waals surface area contributed by atoms with Crippen molar-refractivity contribution < 1.29 is 9.59 Å². The van der Waals surface area contributed by atoms with E-state index in [1.54, 1.807) is 0 Å². The highest BCUT2D eigenvalue weighted by Crippen LogP contribution is 2.14. The molecule has 5 nitrogen and oxygen atoms in total. The van der Waals surface area contributed by atoms with Crippen molar-refractivity contribution in [3.63, 3.8) is 0 Å². The number of amides is 2. The molecule has 1 aromatic carbocycles. The normalized spacial score (nSPS) is 20.5. The van der Waals surface area contributed by atoms with E-state index < -0.39 is 0 Å². The molecule has 2 aliphatic rings. The summed E-state index contributed by atoms with van der Waals surface area (Å²) in [5, 5.41) is 6.24. The van der Waals surface area contributed by atoms with Crippen LogP contribution in [0.25, 0.3) is 0 Å². The first-order chi connectivity index (χ1) is 11.7. The zero-order valence-corrected chi connectivity index (χ0v) is 15.4. The van der Waals surface area contributed by atoms with Crippen LogP contribution in [0.5, 0.6) is 0 Å². The zero-order valence-electron chi connectivity index (χ0n) is 14.6. The van der Waals surface area contributed by atoms with E-state index in [2.05, 4.69) is 10.6 Å². The minimum atomic E-state index is -0.0568. The van der Waals surface area contributed by atoms with Gasteiger partial charge < -0.3 is 15.5 Å². The van der Waals surface area contributed by atoms with Crippen LogP contribution in [0, 0.1) is 0 Å². The molecule has 2 amide bonds. The monoisotopic (exact) mass is 365 g/mol. The molecule has 0 saturated carbocycles. The first kappa shape index (κ1) is 19.7. The fraction of sp³-hybridized carbons (Fsp3) is 0.579. The SMILES string of the molecule is Cl.O=C(NCc1ccc(C(=O)N2CCCCC2)cc1)C1CCCCN1. The lowest BCUT2D eigenvalue weighted by Gasteiger charge is -2.26. The molecule has 3 rings (SSSR count). The van der Waals surface area contributed by atoms with Crippen LogP contribution in [0.1, 0.15) is 54.4 Å². The second kappa shape index (κ2) is 9.78. The molecular weight excluding hydrogens is 338 g/mol. The van der Waals surface area contributed by atoms with Crippen molar-refractivity contribution in [1.29, 1.82) is 0 Å². The Kier molecular flexibility index (Phi) is 7.72. The topological polar surface area (TPSA) is 61.4 Å². The Morgan fingerprint density at radius 3 is 2.40 bits per heavy atom. The summed E-state index contributed by atoms with van der Waals surface area (Å²) < 4.78 is 0. The summed E-state index contributed by atoms with van der Waals surface area (Å²) >= 11 is 0. The summed E-state index contributed by atoms with van der Waals surface area (Å²) in [6, 6.07) is 7.56. The lowest BCUT2D eigenvalue weighted by Crippen LogP contribution is -2.46. The van der Waals surface area contributed by atoms with Gasteiger partial charge in [-0.3, -0.25) is 9.59 Å².